The standard InChI is InChI=1S/C16H16FNO3/c1-10-14(20-2)8-11(9-15(10)21-3)16(19)18-13-7-5-4-6-12(13)17/h4-9H,1-3H3,(H,18,19). The number of carbonyl (C=O) groups is 1. The Hall–Kier alpha value is -2.56. The van der Waals surface area contributed by atoms with Gasteiger partial charge in [-0.15, -0.1) is 0 Å². The first-order valence-electron chi connectivity index (χ1n) is 6.35. The van der Waals surface area contributed by atoms with Crippen LogP contribution in [0.4, 0.5) is 10.1 Å². The van der Waals surface area contributed by atoms with Crippen LogP contribution in [0.3, 0.4) is 0 Å². The SMILES string of the molecule is COc1cc(C(=O)Nc2ccccc2F)cc(OC)c1C. The summed E-state index contributed by atoms with van der Waals surface area (Å²) in [6, 6.07) is 9.17. The van der Waals surface area contributed by atoms with Crippen molar-refractivity contribution in [2.45, 2.75) is 6.92 Å². The van der Waals surface area contributed by atoms with Gasteiger partial charge in [-0.1, -0.05) is 12.1 Å². The van der Waals surface area contributed by atoms with E-state index in [1.807, 2.05) is 6.92 Å². The summed E-state index contributed by atoms with van der Waals surface area (Å²) in [5.74, 6) is 0.148. The molecule has 0 saturated heterocycles. The summed E-state index contributed by atoms with van der Waals surface area (Å²) in [5, 5.41) is 2.52. The van der Waals surface area contributed by atoms with Gasteiger partial charge in [-0.3, -0.25) is 4.79 Å². The minimum absolute atomic E-state index is 0.126. The highest BCUT2D eigenvalue weighted by molar-refractivity contribution is 6.05. The Bertz CT molecular complexity index is 645. The number of halogens is 1. The second-order valence-electron chi connectivity index (χ2n) is 4.44. The van der Waals surface area contributed by atoms with Gasteiger partial charge in [0, 0.05) is 11.1 Å². The predicted octanol–water partition coefficient (Wildman–Crippen LogP) is 3.40. The Morgan fingerprint density at radius 1 is 1.10 bits per heavy atom. The van der Waals surface area contributed by atoms with Crippen LogP contribution in [0.2, 0.25) is 0 Å². The van der Waals surface area contributed by atoms with Crippen LogP contribution in [0.25, 0.3) is 0 Å². The fraction of sp³-hybridized carbons (Fsp3) is 0.188. The number of hydrogen-bond acceptors (Lipinski definition) is 3. The Morgan fingerprint density at radius 3 is 2.19 bits per heavy atom. The lowest BCUT2D eigenvalue weighted by Gasteiger charge is -2.13. The molecule has 1 amide bonds. The third-order valence-corrected chi connectivity index (χ3v) is 3.14. The van der Waals surface area contributed by atoms with Gasteiger partial charge in [0.05, 0.1) is 19.9 Å². The van der Waals surface area contributed by atoms with Gasteiger partial charge in [0.1, 0.15) is 17.3 Å². The van der Waals surface area contributed by atoms with Crippen LogP contribution < -0.4 is 14.8 Å². The number of anilines is 1. The molecule has 0 unspecified atom stereocenters. The lowest BCUT2D eigenvalue weighted by atomic mass is 10.1. The Kier molecular flexibility index (Phi) is 4.42. The number of rotatable bonds is 4. The van der Waals surface area contributed by atoms with Crippen molar-refractivity contribution in [3.63, 3.8) is 0 Å². The van der Waals surface area contributed by atoms with Crippen LogP contribution in [-0.4, -0.2) is 20.1 Å². The topological polar surface area (TPSA) is 47.6 Å². The lowest BCUT2D eigenvalue weighted by molar-refractivity contribution is 0.102. The maximum absolute atomic E-state index is 13.6. The van der Waals surface area contributed by atoms with E-state index in [1.165, 1.54) is 26.4 Å². The average Bonchev–Trinajstić information content (AvgIpc) is 2.49. The highest BCUT2D eigenvalue weighted by Crippen LogP contribution is 2.29. The summed E-state index contributed by atoms with van der Waals surface area (Å²) in [7, 11) is 3.03. The molecular formula is C16H16FNO3. The zero-order valence-electron chi connectivity index (χ0n) is 12.1. The molecule has 0 atom stereocenters. The molecule has 21 heavy (non-hydrogen) atoms. The number of benzene rings is 2. The number of ether oxygens (including phenoxy) is 2. The molecule has 110 valence electrons. The van der Waals surface area contributed by atoms with Gasteiger partial charge in [0.2, 0.25) is 0 Å². The highest BCUT2D eigenvalue weighted by atomic mass is 19.1. The van der Waals surface area contributed by atoms with Crippen LogP contribution in [0.15, 0.2) is 36.4 Å². The summed E-state index contributed by atoms with van der Waals surface area (Å²) in [4.78, 5) is 12.2. The van der Waals surface area contributed by atoms with Gasteiger partial charge in [-0.2, -0.15) is 0 Å². The Labute approximate surface area is 122 Å². The summed E-state index contributed by atoms with van der Waals surface area (Å²) < 4.78 is 24.0. The van der Waals surface area contributed by atoms with Gasteiger partial charge >= 0.3 is 0 Å². The van der Waals surface area contributed by atoms with E-state index >= 15 is 0 Å². The summed E-state index contributed by atoms with van der Waals surface area (Å²) >= 11 is 0. The van der Waals surface area contributed by atoms with Crippen molar-refractivity contribution in [3.05, 3.63) is 53.3 Å². The highest BCUT2D eigenvalue weighted by Gasteiger charge is 2.14. The molecule has 0 aliphatic rings. The molecule has 0 heterocycles. The van der Waals surface area contributed by atoms with Crippen molar-refractivity contribution in [2.24, 2.45) is 0 Å². The number of para-hydroxylation sites is 1. The molecule has 0 fully saturated rings. The number of methoxy groups -OCH3 is 2. The molecule has 0 bridgehead atoms. The van der Waals surface area contributed by atoms with Crippen molar-refractivity contribution in [1.29, 1.82) is 0 Å². The fourth-order valence-electron chi connectivity index (χ4n) is 1.97. The molecule has 0 aromatic heterocycles. The van der Waals surface area contributed by atoms with Crippen molar-refractivity contribution in [3.8, 4) is 11.5 Å². The molecule has 0 aliphatic heterocycles. The van der Waals surface area contributed by atoms with E-state index < -0.39 is 11.7 Å². The smallest absolute Gasteiger partial charge is 0.256 e. The number of hydrogen-bond donors (Lipinski definition) is 1. The molecule has 0 spiro atoms. The third kappa shape index (κ3) is 3.13. The molecule has 0 aliphatic carbocycles. The normalized spacial score (nSPS) is 10.1. The van der Waals surface area contributed by atoms with E-state index in [-0.39, 0.29) is 5.69 Å². The van der Waals surface area contributed by atoms with E-state index in [4.69, 9.17) is 9.47 Å². The molecule has 4 nitrogen and oxygen atoms in total. The number of amides is 1. The number of carbonyl (C=O) groups excluding carboxylic acids is 1. The second-order valence-corrected chi connectivity index (χ2v) is 4.44. The fourth-order valence-corrected chi connectivity index (χ4v) is 1.97. The largest absolute Gasteiger partial charge is 0.496 e. The summed E-state index contributed by atoms with van der Waals surface area (Å²) in [5.41, 5.74) is 1.25. The van der Waals surface area contributed by atoms with Crippen molar-refractivity contribution < 1.29 is 18.7 Å². The van der Waals surface area contributed by atoms with Crippen LogP contribution in [0.5, 0.6) is 11.5 Å². The molecule has 5 heteroatoms. The zero-order valence-corrected chi connectivity index (χ0v) is 12.1. The van der Waals surface area contributed by atoms with E-state index in [1.54, 1.807) is 24.3 Å². The van der Waals surface area contributed by atoms with Crippen molar-refractivity contribution in [1.82, 2.24) is 0 Å². The van der Waals surface area contributed by atoms with Gasteiger partial charge in [0.25, 0.3) is 5.91 Å². The molecule has 0 radical (unpaired) electrons. The van der Waals surface area contributed by atoms with Gasteiger partial charge in [-0.05, 0) is 31.2 Å². The third-order valence-electron chi connectivity index (χ3n) is 3.14. The van der Waals surface area contributed by atoms with Crippen LogP contribution in [0, 0.1) is 12.7 Å². The van der Waals surface area contributed by atoms with E-state index in [2.05, 4.69) is 5.32 Å². The van der Waals surface area contributed by atoms with Gasteiger partial charge in [-0.25, -0.2) is 4.39 Å². The molecule has 2 aromatic carbocycles. The summed E-state index contributed by atoms with van der Waals surface area (Å²) in [6.07, 6.45) is 0. The molecular weight excluding hydrogens is 273 g/mol. The van der Waals surface area contributed by atoms with Crippen LogP contribution >= 0.6 is 0 Å². The Morgan fingerprint density at radius 2 is 1.67 bits per heavy atom. The first-order valence-corrected chi connectivity index (χ1v) is 6.35. The van der Waals surface area contributed by atoms with E-state index in [0.29, 0.717) is 17.1 Å². The van der Waals surface area contributed by atoms with Gasteiger partial charge < -0.3 is 14.8 Å². The lowest BCUT2D eigenvalue weighted by Crippen LogP contribution is -2.13. The van der Waals surface area contributed by atoms with Gasteiger partial charge in [0.15, 0.2) is 0 Å². The molecule has 2 rings (SSSR count). The van der Waals surface area contributed by atoms with Crippen LogP contribution in [0.1, 0.15) is 15.9 Å². The minimum Gasteiger partial charge on any atom is -0.496 e. The van der Waals surface area contributed by atoms with E-state index in [9.17, 15) is 9.18 Å². The maximum atomic E-state index is 13.6. The predicted molar refractivity (Wildman–Crippen MR) is 78.6 cm³/mol. The minimum atomic E-state index is -0.489. The molecule has 0 saturated carbocycles. The van der Waals surface area contributed by atoms with Crippen molar-refractivity contribution >= 4 is 11.6 Å². The zero-order chi connectivity index (χ0) is 15.4. The molecule has 2 aromatic rings. The van der Waals surface area contributed by atoms with Crippen molar-refractivity contribution in [2.75, 3.05) is 19.5 Å². The monoisotopic (exact) mass is 289 g/mol. The Balaban J connectivity index is 2.33. The average molecular weight is 289 g/mol. The quantitative estimate of drug-likeness (QED) is 0.938. The molecule has 1 N–H and O–H groups in total. The first kappa shape index (κ1) is 14.8. The number of nitrogens with one attached hydrogen (secondary N) is 1. The summed E-state index contributed by atoms with van der Waals surface area (Å²) in [6.45, 7) is 1.83. The van der Waals surface area contributed by atoms with E-state index in [0.717, 1.165) is 5.56 Å². The second kappa shape index (κ2) is 6.26. The van der Waals surface area contributed by atoms with Crippen LogP contribution in [-0.2, 0) is 0 Å². The first-order chi connectivity index (χ1) is 10.1. The maximum Gasteiger partial charge on any atom is 0.256 e.